The number of nitrogens with one attached hydrogen (secondary N) is 1. The van der Waals surface area contributed by atoms with E-state index in [4.69, 9.17) is 14.6 Å². The molecule has 0 saturated carbocycles. The Morgan fingerprint density at radius 3 is 2.28 bits per heavy atom. The van der Waals surface area contributed by atoms with E-state index in [-0.39, 0.29) is 11.9 Å². The molecular weight excluding hydrogens is 366 g/mol. The van der Waals surface area contributed by atoms with Crippen LogP contribution in [0.15, 0.2) is 54.6 Å². The molecule has 0 spiro atoms. The number of hydrogen-bond donors (Lipinski definition) is 1. The molecule has 3 aromatic rings. The number of ether oxygens (including phenoxy) is 2. The zero-order valence-electron chi connectivity index (χ0n) is 17.5. The number of amides is 1. The highest BCUT2D eigenvalue weighted by Gasteiger charge is 2.20. The smallest absolute Gasteiger partial charge is 0.270 e. The van der Waals surface area contributed by atoms with E-state index in [1.54, 1.807) is 25.0 Å². The molecule has 1 N–H and O–H groups in total. The molecule has 0 aliphatic carbocycles. The van der Waals surface area contributed by atoms with E-state index in [1.165, 1.54) is 0 Å². The van der Waals surface area contributed by atoms with Gasteiger partial charge in [-0.1, -0.05) is 26.0 Å². The van der Waals surface area contributed by atoms with Crippen molar-refractivity contribution in [3.8, 4) is 28.4 Å². The lowest BCUT2D eigenvalue weighted by Crippen LogP contribution is -2.37. The Hall–Kier alpha value is -3.28. The summed E-state index contributed by atoms with van der Waals surface area (Å²) in [7, 11) is 3.25. The molecule has 3 rings (SSSR count). The first kappa shape index (κ1) is 20.5. The molecule has 0 unspecified atom stereocenters. The van der Waals surface area contributed by atoms with Crippen molar-refractivity contribution in [3.05, 3.63) is 60.3 Å². The summed E-state index contributed by atoms with van der Waals surface area (Å²) in [4.78, 5) is 13.0. The van der Waals surface area contributed by atoms with Crippen LogP contribution in [0.4, 0.5) is 0 Å². The van der Waals surface area contributed by atoms with Crippen LogP contribution in [0, 0.1) is 5.92 Å². The van der Waals surface area contributed by atoms with Crippen LogP contribution >= 0.6 is 0 Å². The summed E-state index contributed by atoms with van der Waals surface area (Å²) in [5.74, 6) is 1.65. The van der Waals surface area contributed by atoms with Gasteiger partial charge in [0.1, 0.15) is 17.2 Å². The Bertz CT molecular complexity index is 977. The standard InChI is InChI=1S/C23H27N3O3/c1-15(2)16(3)24-23(27)22-14-21(17-7-6-8-20(13-17)29-5)25-26(22)18-9-11-19(28-4)12-10-18/h6-16H,1-5H3,(H,24,27)/t16-/m0/s1. The first-order valence-electron chi connectivity index (χ1n) is 9.62. The highest BCUT2D eigenvalue weighted by atomic mass is 16.5. The van der Waals surface area contributed by atoms with E-state index in [1.807, 2.05) is 55.5 Å². The Morgan fingerprint density at radius 2 is 1.66 bits per heavy atom. The van der Waals surface area contributed by atoms with E-state index >= 15 is 0 Å². The summed E-state index contributed by atoms with van der Waals surface area (Å²) >= 11 is 0. The summed E-state index contributed by atoms with van der Waals surface area (Å²) in [6.45, 7) is 6.15. The van der Waals surface area contributed by atoms with Crippen molar-refractivity contribution in [1.29, 1.82) is 0 Å². The van der Waals surface area contributed by atoms with Crippen molar-refractivity contribution >= 4 is 5.91 Å². The van der Waals surface area contributed by atoms with E-state index < -0.39 is 0 Å². The van der Waals surface area contributed by atoms with Crippen LogP contribution in [0.25, 0.3) is 16.9 Å². The van der Waals surface area contributed by atoms with E-state index in [0.717, 1.165) is 22.7 Å². The van der Waals surface area contributed by atoms with E-state index in [9.17, 15) is 4.79 Å². The number of rotatable bonds is 7. The summed E-state index contributed by atoms with van der Waals surface area (Å²) < 4.78 is 12.2. The molecule has 29 heavy (non-hydrogen) atoms. The summed E-state index contributed by atoms with van der Waals surface area (Å²) in [5.41, 5.74) is 2.83. The third kappa shape index (κ3) is 4.59. The van der Waals surface area contributed by atoms with Gasteiger partial charge in [0.15, 0.2) is 0 Å². The van der Waals surface area contributed by atoms with Crippen LogP contribution in [0.1, 0.15) is 31.3 Å². The maximum absolute atomic E-state index is 13.0. The molecule has 1 amide bonds. The molecule has 2 aromatic carbocycles. The Labute approximate surface area is 171 Å². The van der Waals surface area contributed by atoms with Crippen LogP contribution in [0.2, 0.25) is 0 Å². The second-order valence-corrected chi connectivity index (χ2v) is 7.26. The largest absolute Gasteiger partial charge is 0.497 e. The fraction of sp³-hybridized carbons (Fsp3) is 0.304. The molecule has 0 aliphatic heterocycles. The van der Waals surface area contributed by atoms with Gasteiger partial charge in [-0.25, -0.2) is 4.68 Å². The minimum absolute atomic E-state index is 0.0435. The number of benzene rings is 2. The molecule has 1 heterocycles. The number of hydrogen-bond acceptors (Lipinski definition) is 4. The van der Waals surface area contributed by atoms with Gasteiger partial charge in [0.05, 0.1) is 25.6 Å². The minimum Gasteiger partial charge on any atom is -0.497 e. The predicted octanol–water partition coefficient (Wildman–Crippen LogP) is 4.33. The van der Waals surface area contributed by atoms with Crippen molar-refractivity contribution in [2.75, 3.05) is 14.2 Å². The molecule has 152 valence electrons. The lowest BCUT2D eigenvalue weighted by atomic mass is 10.1. The zero-order valence-corrected chi connectivity index (χ0v) is 17.5. The van der Waals surface area contributed by atoms with Crippen molar-refractivity contribution in [2.45, 2.75) is 26.8 Å². The number of aromatic nitrogens is 2. The van der Waals surface area contributed by atoms with Crippen molar-refractivity contribution < 1.29 is 14.3 Å². The number of nitrogens with zero attached hydrogens (tertiary/aromatic N) is 2. The van der Waals surface area contributed by atoms with E-state index in [0.29, 0.717) is 17.3 Å². The van der Waals surface area contributed by atoms with Gasteiger partial charge in [0.2, 0.25) is 0 Å². The van der Waals surface area contributed by atoms with Gasteiger partial charge < -0.3 is 14.8 Å². The topological polar surface area (TPSA) is 65.4 Å². The van der Waals surface area contributed by atoms with Crippen molar-refractivity contribution in [2.24, 2.45) is 5.92 Å². The molecule has 1 aromatic heterocycles. The second kappa shape index (κ2) is 8.82. The van der Waals surface area contributed by atoms with Gasteiger partial charge in [0, 0.05) is 11.6 Å². The van der Waals surface area contributed by atoms with Gasteiger partial charge in [-0.3, -0.25) is 4.79 Å². The molecule has 0 radical (unpaired) electrons. The average Bonchev–Trinajstić information content (AvgIpc) is 3.19. The van der Waals surface area contributed by atoms with Crippen LogP contribution < -0.4 is 14.8 Å². The monoisotopic (exact) mass is 393 g/mol. The first-order valence-corrected chi connectivity index (χ1v) is 9.62. The molecule has 0 bridgehead atoms. The fourth-order valence-corrected chi connectivity index (χ4v) is 2.83. The summed E-state index contributed by atoms with van der Waals surface area (Å²) in [5, 5.41) is 7.78. The lowest BCUT2D eigenvalue weighted by molar-refractivity contribution is 0.0922. The molecule has 0 fully saturated rings. The number of carbonyl (C=O) groups excluding carboxylic acids is 1. The molecule has 0 aliphatic rings. The highest BCUT2D eigenvalue weighted by Crippen LogP contribution is 2.26. The number of methoxy groups -OCH3 is 2. The summed E-state index contributed by atoms with van der Waals surface area (Å²) in [6, 6.07) is 16.9. The maximum Gasteiger partial charge on any atom is 0.270 e. The molecular formula is C23H27N3O3. The first-order chi connectivity index (χ1) is 13.9. The predicted molar refractivity (Wildman–Crippen MR) is 114 cm³/mol. The maximum atomic E-state index is 13.0. The van der Waals surface area contributed by atoms with Crippen LogP contribution in [-0.4, -0.2) is 35.9 Å². The number of carbonyl (C=O) groups is 1. The van der Waals surface area contributed by atoms with Gasteiger partial charge in [-0.2, -0.15) is 5.10 Å². The lowest BCUT2D eigenvalue weighted by Gasteiger charge is -2.17. The Balaban J connectivity index is 2.05. The molecule has 6 heteroatoms. The Morgan fingerprint density at radius 1 is 0.966 bits per heavy atom. The molecule has 6 nitrogen and oxygen atoms in total. The Kier molecular flexibility index (Phi) is 6.22. The fourth-order valence-electron chi connectivity index (χ4n) is 2.83. The third-order valence-electron chi connectivity index (χ3n) is 4.98. The highest BCUT2D eigenvalue weighted by molar-refractivity contribution is 5.94. The quantitative estimate of drug-likeness (QED) is 0.649. The SMILES string of the molecule is COc1ccc(-n2nc(-c3cccc(OC)c3)cc2C(=O)N[C@@H](C)C(C)C)cc1. The van der Waals surface area contributed by atoms with E-state index in [2.05, 4.69) is 19.2 Å². The summed E-state index contributed by atoms with van der Waals surface area (Å²) in [6.07, 6.45) is 0. The third-order valence-corrected chi connectivity index (χ3v) is 4.98. The zero-order chi connectivity index (χ0) is 21.0. The van der Waals surface area contributed by atoms with Gasteiger partial charge in [-0.15, -0.1) is 0 Å². The van der Waals surface area contributed by atoms with Gasteiger partial charge >= 0.3 is 0 Å². The van der Waals surface area contributed by atoms with Crippen molar-refractivity contribution in [3.63, 3.8) is 0 Å². The normalized spacial score (nSPS) is 11.9. The van der Waals surface area contributed by atoms with Crippen LogP contribution in [0.5, 0.6) is 11.5 Å². The van der Waals surface area contributed by atoms with Gasteiger partial charge in [-0.05, 0) is 55.3 Å². The van der Waals surface area contributed by atoms with Crippen LogP contribution in [0.3, 0.4) is 0 Å². The van der Waals surface area contributed by atoms with Crippen molar-refractivity contribution in [1.82, 2.24) is 15.1 Å². The average molecular weight is 393 g/mol. The molecule has 0 saturated heterocycles. The minimum atomic E-state index is -0.163. The van der Waals surface area contributed by atoms with Gasteiger partial charge in [0.25, 0.3) is 5.91 Å². The molecule has 1 atom stereocenters. The second-order valence-electron chi connectivity index (χ2n) is 7.26. The van der Waals surface area contributed by atoms with Crippen LogP contribution in [-0.2, 0) is 0 Å².